The number of aliphatic hydroxyl groups is 1. The summed E-state index contributed by atoms with van der Waals surface area (Å²) in [7, 11) is 1.69. The van der Waals surface area contributed by atoms with Crippen molar-refractivity contribution in [3.8, 4) is 5.75 Å². The SMILES string of the molecule is CCc1cc(OC)ccc1CC(C)C(CN)CO. The zero-order valence-corrected chi connectivity index (χ0v) is 11.6. The van der Waals surface area contributed by atoms with E-state index in [0.29, 0.717) is 12.5 Å². The molecule has 0 aliphatic heterocycles. The fraction of sp³-hybridized carbons (Fsp3) is 0.600. The summed E-state index contributed by atoms with van der Waals surface area (Å²) in [5.41, 5.74) is 8.32. The molecular weight excluding hydrogens is 226 g/mol. The Morgan fingerprint density at radius 1 is 1.33 bits per heavy atom. The molecule has 0 saturated heterocycles. The molecule has 0 aromatic heterocycles. The van der Waals surface area contributed by atoms with Crippen molar-refractivity contribution in [2.24, 2.45) is 17.6 Å². The Morgan fingerprint density at radius 3 is 2.56 bits per heavy atom. The highest BCUT2D eigenvalue weighted by atomic mass is 16.5. The molecule has 18 heavy (non-hydrogen) atoms. The number of ether oxygens (including phenoxy) is 1. The molecule has 1 aromatic carbocycles. The minimum atomic E-state index is 0.162. The maximum atomic E-state index is 9.28. The highest BCUT2D eigenvalue weighted by Gasteiger charge is 2.16. The van der Waals surface area contributed by atoms with Gasteiger partial charge < -0.3 is 15.6 Å². The fourth-order valence-electron chi connectivity index (χ4n) is 2.26. The van der Waals surface area contributed by atoms with Crippen molar-refractivity contribution >= 4 is 0 Å². The third-order valence-electron chi connectivity index (χ3n) is 3.68. The van der Waals surface area contributed by atoms with Crippen LogP contribution in [0.2, 0.25) is 0 Å². The smallest absolute Gasteiger partial charge is 0.119 e. The molecule has 0 aliphatic carbocycles. The Hall–Kier alpha value is -1.06. The predicted molar refractivity (Wildman–Crippen MR) is 74.9 cm³/mol. The van der Waals surface area contributed by atoms with Crippen molar-refractivity contribution in [2.45, 2.75) is 26.7 Å². The molecule has 0 heterocycles. The molecule has 0 fully saturated rings. The monoisotopic (exact) mass is 251 g/mol. The number of rotatable bonds is 7. The summed E-state index contributed by atoms with van der Waals surface area (Å²) in [6.45, 7) is 5.00. The molecule has 2 atom stereocenters. The molecule has 0 bridgehead atoms. The van der Waals surface area contributed by atoms with Gasteiger partial charge in [-0.1, -0.05) is 19.9 Å². The highest BCUT2D eigenvalue weighted by Crippen LogP contribution is 2.23. The molecule has 3 nitrogen and oxygen atoms in total. The average molecular weight is 251 g/mol. The predicted octanol–water partition coefficient (Wildman–Crippen LogP) is 2.00. The lowest BCUT2D eigenvalue weighted by molar-refractivity contribution is 0.187. The lowest BCUT2D eigenvalue weighted by Gasteiger charge is -2.21. The average Bonchev–Trinajstić information content (AvgIpc) is 2.40. The summed E-state index contributed by atoms with van der Waals surface area (Å²) >= 11 is 0. The fourth-order valence-corrected chi connectivity index (χ4v) is 2.26. The van der Waals surface area contributed by atoms with E-state index in [4.69, 9.17) is 10.5 Å². The van der Waals surface area contributed by atoms with Crippen LogP contribution < -0.4 is 10.5 Å². The van der Waals surface area contributed by atoms with Gasteiger partial charge in [-0.25, -0.2) is 0 Å². The molecule has 3 heteroatoms. The molecule has 3 N–H and O–H groups in total. The van der Waals surface area contributed by atoms with Gasteiger partial charge in [0.2, 0.25) is 0 Å². The standard InChI is InChI=1S/C15H25NO2/c1-4-12-8-15(18-3)6-5-13(12)7-11(2)14(9-16)10-17/h5-6,8,11,14,17H,4,7,9-10,16H2,1-3H3. The first-order chi connectivity index (χ1) is 8.65. The summed E-state index contributed by atoms with van der Waals surface area (Å²) < 4.78 is 5.25. The van der Waals surface area contributed by atoms with E-state index < -0.39 is 0 Å². The molecular formula is C15H25NO2. The van der Waals surface area contributed by atoms with Crippen molar-refractivity contribution < 1.29 is 9.84 Å². The van der Waals surface area contributed by atoms with Crippen LogP contribution in [0.1, 0.15) is 25.0 Å². The maximum Gasteiger partial charge on any atom is 0.119 e. The molecule has 1 aromatic rings. The number of aryl methyl sites for hydroxylation is 1. The van der Waals surface area contributed by atoms with Crippen LogP contribution in [0.4, 0.5) is 0 Å². The van der Waals surface area contributed by atoms with E-state index in [9.17, 15) is 5.11 Å². The number of hydrogen-bond acceptors (Lipinski definition) is 3. The molecule has 1 rings (SSSR count). The van der Waals surface area contributed by atoms with Crippen molar-refractivity contribution in [1.82, 2.24) is 0 Å². The second kappa shape index (κ2) is 7.39. The molecule has 0 saturated carbocycles. The van der Waals surface area contributed by atoms with E-state index in [-0.39, 0.29) is 12.5 Å². The van der Waals surface area contributed by atoms with Crippen LogP contribution >= 0.6 is 0 Å². The van der Waals surface area contributed by atoms with Gasteiger partial charge in [-0.2, -0.15) is 0 Å². The van der Waals surface area contributed by atoms with Crippen molar-refractivity contribution in [2.75, 3.05) is 20.3 Å². The Labute approximate surface area is 110 Å². The minimum Gasteiger partial charge on any atom is -0.497 e. The van der Waals surface area contributed by atoms with E-state index in [2.05, 4.69) is 26.0 Å². The van der Waals surface area contributed by atoms with Crippen LogP contribution in [0.15, 0.2) is 18.2 Å². The Bertz CT molecular complexity index is 362. The largest absolute Gasteiger partial charge is 0.497 e. The van der Waals surface area contributed by atoms with E-state index in [0.717, 1.165) is 18.6 Å². The van der Waals surface area contributed by atoms with Crippen LogP contribution in [0.3, 0.4) is 0 Å². The van der Waals surface area contributed by atoms with Crippen LogP contribution in [-0.2, 0) is 12.8 Å². The summed E-state index contributed by atoms with van der Waals surface area (Å²) in [4.78, 5) is 0. The zero-order valence-electron chi connectivity index (χ0n) is 11.6. The van der Waals surface area contributed by atoms with E-state index >= 15 is 0 Å². The number of methoxy groups -OCH3 is 1. The third-order valence-corrected chi connectivity index (χ3v) is 3.68. The highest BCUT2D eigenvalue weighted by molar-refractivity contribution is 5.36. The van der Waals surface area contributed by atoms with Gasteiger partial charge in [-0.15, -0.1) is 0 Å². The van der Waals surface area contributed by atoms with E-state index in [1.807, 2.05) is 6.07 Å². The van der Waals surface area contributed by atoms with Crippen LogP contribution in [0, 0.1) is 11.8 Å². The van der Waals surface area contributed by atoms with Gasteiger partial charge >= 0.3 is 0 Å². The van der Waals surface area contributed by atoms with Crippen molar-refractivity contribution in [3.63, 3.8) is 0 Å². The van der Waals surface area contributed by atoms with Gasteiger partial charge in [0.05, 0.1) is 7.11 Å². The third kappa shape index (κ3) is 3.72. The number of aliphatic hydroxyl groups excluding tert-OH is 1. The van der Waals surface area contributed by atoms with Gasteiger partial charge in [0.1, 0.15) is 5.75 Å². The topological polar surface area (TPSA) is 55.5 Å². The summed E-state index contributed by atoms with van der Waals surface area (Å²) in [6, 6.07) is 6.22. The molecule has 2 unspecified atom stereocenters. The lowest BCUT2D eigenvalue weighted by atomic mass is 9.87. The quantitative estimate of drug-likeness (QED) is 0.779. The number of hydrogen-bond donors (Lipinski definition) is 2. The molecule has 0 aliphatic rings. The normalized spacial score (nSPS) is 14.3. The first-order valence-corrected chi connectivity index (χ1v) is 6.62. The molecule has 102 valence electrons. The van der Waals surface area contributed by atoms with Gasteiger partial charge in [0.15, 0.2) is 0 Å². The van der Waals surface area contributed by atoms with E-state index in [1.54, 1.807) is 7.11 Å². The van der Waals surface area contributed by atoms with E-state index in [1.165, 1.54) is 11.1 Å². The minimum absolute atomic E-state index is 0.162. The Morgan fingerprint density at radius 2 is 2.06 bits per heavy atom. The van der Waals surface area contributed by atoms with Gasteiger partial charge in [0, 0.05) is 6.61 Å². The Balaban J connectivity index is 2.83. The Kier molecular flexibility index (Phi) is 6.16. The zero-order chi connectivity index (χ0) is 13.5. The van der Waals surface area contributed by atoms with Crippen molar-refractivity contribution in [1.29, 1.82) is 0 Å². The van der Waals surface area contributed by atoms with Gasteiger partial charge in [-0.3, -0.25) is 0 Å². The molecule has 0 amide bonds. The summed E-state index contributed by atoms with van der Waals surface area (Å²) in [6.07, 6.45) is 1.95. The van der Waals surface area contributed by atoms with Crippen LogP contribution in [-0.4, -0.2) is 25.4 Å². The lowest BCUT2D eigenvalue weighted by Crippen LogP contribution is -2.26. The summed E-state index contributed by atoms with van der Waals surface area (Å²) in [5.74, 6) is 1.47. The molecule has 0 spiro atoms. The first kappa shape index (κ1) is 15.0. The van der Waals surface area contributed by atoms with Gasteiger partial charge in [-0.05, 0) is 54.5 Å². The number of benzene rings is 1. The van der Waals surface area contributed by atoms with Crippen LogP contribution in [0.5, 0.6) is 5.75 Å². The van der Waals surface area contributed by atoms with Crippen molar-refractivity contribution in [3.05, 3.63) is 29.3 Å². The maximum absolute atomic E-state index is 9.28. The molecule has 0 radical (unpaired) electrons. The van der Waals surface area contributed by atoms with Gasteiger partial charge in [0.25, 0.3) is 0 Å². The second-order valence-corrected chi connectivity index (χ2v) is 4.85. The summed E-state index contributed by atoms with van der Waals surface area (Å²) in [5, 5.41) is 9.28. The first-order valence-electron chi connectivity index (χ1n) is 6.62. The second-order valence-electron chi connectivity index (χ2n) is 4.85. The number of nitrogens with two attached hydrogens (primary N) is 1. The van der Waals surface area contributed by atoms with Crippen LogP contribution in [0.25, 0.3) is 0 Å².